The molecule has 1 rings (SSSR count). The van der Waals surface area contributed by atoms with Gasteiger partial charge in [-0.1, -0.05) is 0 Å². The van der Waals surface area contributed by atoms with Crippen LogP contribution in [0.2, 0.25) is 0 Å². The van der Waals surface area contributed by atoms with Gasteiger partial charge in [-0.05, 0) is 28.8 Å². The molecule has 0 N–H and O–H groups in total. The number of halogens is 4. The summed E-state index contributed by atoms with van der Waals surface area (Å²) in [5, 5.41) is 0. The van der Waals surface area contributed by atoms with Crippen LogP contribution < -0.4 is 4.74 Å². The molecule has 0 unspecified atom stereocenters. The van der Waals surface area contributed by atoms with Crippen LogP contribution in [0.25, 0.3) is 0 Å². The van der Waals surface area contributed by atoms with Crippen molar-refractivity contribution in [1.29, 1.82) is 0 Å². The van der Waals surface area contributed by atoms with Gasteiger partial charge in [0.05, 0.1) is 5.56 Å². The van der Waals surface area contributed by atoms with Gasteiger partial charge in [0.25, 0.3) is 0 Å². The molecule has 0 bridgehead atoms. The second kappa shape index (κ2) is 7.37. The number of benzene rings is 1. The van der Waals surface area contributed by atoms with Crippen molar-refractivity contribution in [3.05, 3.63) is 41.9 Å². The summed E-state index contributed by atoms with van der Waals surface area (Å²) in [4.78, 5) is 14.5. The van der Waals surface area contributed by atoms with Crippen LogP contribution in [-0.4, -0.2) is 19.2 Å². The molecule has 0 saturated carbocycles. The Hall–Kier alpha value is -2.09. The van der Waals surface area contributed by atoms with E-state index in [1.165, 1.54) is 12.1 Å². The number of ether oxygens (including phenoxy) is 2. The van der Waals surface area contributed by atoms with Crippen LogP contribution in [0.5, 0.6) is 5.75 Å². The SMILES string of the molecule is O=C(OCCOF)c1ccc(OC(F)=C(F)F)cc1. The van der Waals surface area contributed by atoms with E-state index in [4.69, 9.17) is 0 Å². The molecular weight excluding hydrogens is 272 g/mol. The highest BCUT2D eigenvalue weighted by atomic mass is 19.3. The summed E-state index contributed by atoms with van der Waals surface area (Å²) < 4.78 is 56.0. The van der Waals surface area contributed by atoms with Gasteiger partial charge in [0.2, 0.25) is 0 Å². The normalized spacial score (nSPS) is 9.89. The van der Waals surface area contributed by atoms with Crippen molar-refractivity contribution in [2.45, 2.75) is 0 Å². The quantitative estimate of drug-likeness (QED) is 0.347. The molecule has 0 aliphatic carbocycles. The van der Waals surface area contributed by atoms with Gasteiger partial charge >= 0.3 is 18.1 Å². The highest BCUT2D eigenvalue weighted by Crippen LogP contribution is 2.19. The van der Waals surface area contributed by atoms with Crippen LogP contribution >= 0.6 is 0 Å². The van der Waals surface area contributed by atoms with Gasteiger partial charge in [-0.15, -0.1) is 0 Å². The fourth-order valence-corrected chi connectivity index (χ4v) is 1.05. The lowest BCUT2D eigenvalue weighted by molar-refractivity contribution is -0.141. The van der Waals surface area contributed by atoms with Crippen molar-refractivity contribution in [2.75, 3.05) is 13.2 Å². The molecule has 4 nitrogen and oxygen atoms in total. The molecule has 0 atom stereocenters. The third kappa shape index (κ3) is 4.96. The first kappa shape index (κ1) is 15.0. The average molecular weight is 280 g/mol. The maximum Gasteiger partial charge on any atom is 0.344 e. The Morgan fingerprint density at radius 3 is 2.21 bits per heavy atom. The van der Waals surface area contributed by atoms with Crippen LogP contribution in [-0.2, 0) is 9.68 Å². The molecule has 8 heteroatoms. The van der Waals surface area contributed by atoms with Gasteiger partial charge in [0.1, 0.15) is 19.0 Å². The maximum absolute atomic E-state index is 12.4. The van der Waals surface area contributed by atoms with Crippen molar-refractivity contribution in [3.8, 4) is 5.75 Å². The summed E-state index contributed by atoms with van der Waals surface area (Å²) in [6, 6.07) is 2.54. The lowest BCUT2D eigenvalue weighted by Gasteiger charge is -2.05. The average Bonchev–Trinajstić information content (AvgIpc) is 2.39. The summed E-state index contributed by atoms with van der Waals surface area (Å²) >= 11 is 0. The first-order chi connectivity index (χ1) is 9.04. The van der Waals surface area contributed by atoms with Gasteiger partial charge < -0.3 is 9.47 Å². The fraction of sp³-hybridized carbons (Fsp3) is 0.182. The highest BCUT2D eigenvalue weighted by Gasteiger charge is 2.10. The lowest BCUT2D eigenvalue weighted by Crippen LogP contribution is -2.09. The zero-order valence-corrected chi connectivity index (χ0v) is 9.37. The van der Waals surface area contributed by atoms with E-state index in [1.807, 2.05) is 0 Å². The van der Waals surface area contributed by atoms with Crippen molar-refractivity contribution in [1.82, 2.24) is 0 Å². The Morgan fingerprint density at radius 1 is 1.05 bits per heavy atom. The van der Waals surface area contributed by atoms with E-state index < -0.39 is 24.7 Å². The second-order valence-electron chi connectivity index (χ2n) is 3.11. The Kier molecular flexibility index (Phi) is 5.80. The maximum atomic E-state index is 12.4. The number of hydrogen-bond donors (Lipinski definition) is 0. The molecule has 19 heavy (non-hydrogen) atoms. The topological polar surface area (TPSA) is 44.8 Å². The molecule has 0 saturated heterocycles. The molecular formula is C11H8F4O4. The van der Waals surface area contributed by atoms with Gasteiger partial charge in [0, 0.05) is 0 Å². The van der Waals surface area contributed by atoms with E-state index in [9.17, 15) is 22.5 Å². The molecule has 1 aromatic rings. The Morgan fingerprint density at radius 2 is 1.68 bits per heavy atom. The highest BCUT2D eigenvalue weighted by molar-refractivity contribution is 5.89. The van der Waals surface area contributed by atoms with Crippen LogP contribution in [0, 0.1) is 0 Å². The smallest absolute Gasteiger partial charge is 0.344 e. The largest absolute Gasteiger partial charge is 0.460 e. The fourth-order valence-electron chi connectivity index (χ4n) is 1.05. The minimum Gasteiger partial charge on any atom is -0.460 e. The zero-order chi connectivity index (χ0) is 14.3. The first-order valence-corrected chi connectivity index (χ1v) is 4.94. The second-order valence-corrected chi connectivity index (χ2v) is 3.11. The monoisotopic (exact) mass is 280 g/mol. The number of hydrogen-bond acceptors (Lipinski definition) is 4. The van der Waals surface area contributed by atoms with Gasteiger partial charge in [-0.3, -0.25) is 0 Å². The predicted molar refractivity (Wildman–Crippen MR) is 54.8 cm³/mol. The van der Waals surface area contributed by atoms with Crippen molar-refractivity contribution in [3.63, 3.8) is 0 Å². The summed E-state index contributed by atoms with van der Waals surface area (Å²) in [6.07, 6.45) is -2.59. The minimum atomic E-state index is -2.59. The summed E-state index contributed by atoms with van der Waals surface area (Å²) in [6.45, 7) is -0.684. The Labute approximate surface area is 105 Å². The molecule has 1 aromatic carbocycles. The van der Waals surface area contributed by atoms with E-state index >= 15 is 0 Å². The standard InChI is InChI=1S/C11H8F4O4/c12-9(13)10(14)19-8-3-1-7(2-4-8)11(16)17-5-6-18-15/h1-4H,5-6H2. The Bertz CT molecular complexity index is 454. The molecule has 0 heterocycles. The number of carbonyl (C=O) groups excluding carboxylic acids is 1. The van der Waals surface area contributed by atoms with Gasteiger partial charge in [0.15, 0.2) is 0 Å². The molecule has 0 aliphatic heterocycles. The first-order valence-electron chi connectivity index (χ1n) is 4.94. The van der Waals surface area contributed by atoms with Gasteiger partial charge in [-0.25, -0.2) is 4.79 Å². The molecule has 0 fully saturated rings. The van der Waals surface area contributed by atoms with E-state index in [1.54, 1.807) is 0 Å². The van der Waals surface area contributed by atoms with Crippen LogP contribution in [0.4, 0.5) is 17.7 Å². The van der Waals surface area contributed by atoms with E-state index in [0.29, 0.717) is 0 Å². The summed E-state index contributed by atoms with van der Waals surface area (Å²) in [5.74, 6) is -0.981. The van der Waals surface area contributed by atoms with Crippen LogP contribution in [0.1, 0.15) is 10.4 Å². The van der Waals surface area contributed by atoms with Crippen LogP contribution in [0.15, 0.2) is 36.4 Å². The molecule has 0 spiro atoms. The molecule has 104 valence electrons. The zero-order valence-electron chi connectivity index (χ0n) is 9.37. The number of carbonyl (C=O) groups is 1. The third-order valence-corrected chi connectivity index (χ3v) is 1.84. The van der Waals surface area contributed by atoms with Crippen molar-refractivity contribution >= 4 is 5.97 Å². The van der Waals surface area contributed by atoms with E-state index in [2.05, 4.69) is 14.4 Å². The lowest BCUT2D eigenvalue weighted by atomic mass is 10.2. The van der Waals surface area contributed by atoms with E-state index in [0.717, 1.165) is 12.1 Å². The predicted octanol–water partition coefficient (Wildman–Crippen LogP) is 3.16. The number of esters is 1. The molecule has 0 aromatic heterocycles. The summed E-state index contributed by atoms with van der Waals surface area (Å²) in [5.41, 5.74) is 0.0660. The summed E-state index contributed by atoms with van der Waals surface area (Å²) in [7, 11) is 0. The molecule has 0 amide bonds. The van der Waals surface area contributed by atoms with Crippen LogP contribution in [0.3, 0.4) is 0 Å². The van der Waals surface area contributed by atoms with Crippen molar-refractivity contribution < 1.29 is 36.9 Å². The van der Waals surface area contributed by atoms with Crippen molar-refractivity contribution in [2.24, 2.45) is 0 Å². The molecule has 0 radical (unpaired) electrons. The Balaban J connectivity index is 2.61. The number of rotatable bonds is 6. The third-order valence-electron chi connectivity index (χ3n) is 1.84. The van der Waals surface area contributed by atoms with Gasteiger partial charge in [-0.2, -0.15) is 18.1 Å². The molecule has 0 aliphatic rings. The van der Waals surface area contributed by atoms with E-state index in [-0.39, 0.29) is 17.9 Å². The minimum absolute atomic E-state index is 0.0660.